The third-order valence-electron chi connectivity index (χ3n) is 3.09. The number of benzene rings is 1. The van der Waals surface area contributed by atoms with E-state index in [2.05, 4.69) is 18.8 Å². The fraction of sp³-hybridized carbons (Fsp3) is 0.400. The predicted octanol–water partition coefficient (Wildman–Crippen LogP) is 3.40. The number of hydrogen-bond acceptors (Lipinski definition) is 3. The van der Waals surface area contributed by atoms with Crippen LogP contribution < -0.4 is 14.9 Å². The fourth-order valence-corrected chi connectivity index (χ4v) is 2.58. The van der Waals surface area contributed by atoms with Crippen LogP contribution in [0.1, 0.15) is 19.5 Å². The summed E-state index contributed by atoms with van der Waals surface area (Å²) in [5.74, 6) is 1.36. The van der Waals surface area contributed by atoms with Gasteiger partial charge in [-0.25, -0.2) is 0 Å². The molecule has 0 amide bonds. The lowest BCUT2D eigenvalue weighted by atomic mass is 10.1. The van der Waals surface area contributed by atoms with E-state index in [1.165, 1.54) is 7.11 Å². The van der Waals surface area contributed by atoms with Crippen molar-refractivity contribution in [3.05, 3.63) is 33.1 Å². The van der Waals surface area contributed by atoms with Crippen LogP contribution in [-0.2, 0) is 6.42 Å². The van der Waals surface area contributed by atoms with Crippen molar-refractivity contribution in [2.24, 2.45) is 5.92 Å². The summed E-state index contributed by atoms with van der Waals surface area (Å²) in [5, 5.41) is 0.781. The molecule has 0 aliphatic carbocycles. The van der Waals surface area contributed by atoms with Crippen LogP contribution in [0.3, 0.4) is 0 Å². The standard InChI is InChI=1S/C15H18ClNO3/c1-8(2)5-9-6-11(18)13-14(17-9)12(19-3)7-10(16)15(13)20-4/h6-8H,5H2,1-4H3,(H,17,18). The Labute approximate surface area is 122 Å². The molecule has 2 aromatic rings. The molecule has 108 valence electrons. The molecule has 0 unspecified atom stereocenters. The van der Waals surface area contributed by atoms with E-state index in [4.69, 9.17) is 21.1 Å². The number of rotatable bonds is 4. The molecular weight excluding hydrogens is 278 g/mol. The van der Waals surface area contributed by atoms with Gasteiger partial charge in [-0.2, -0.15) is 0 Å². The molecule has 1 aromatic carbocycles. The highest BCUT2D eigenvalue weighted by atomic mass is 35.5. The largest absolute Gasteiger partial charge is 0.494 e. The minimum atomic E-state index is -0.118. The summed E-state index contributed by atoms with van der Waals surface area (Å²) >= 11 is 6.13. The fourth-order valence-electron chi connectivity index (χ4n) is 2.31. The molecule has 0 atom stereocenters. The number of aromatic nitrogens is 1. The van der Waals surface area contributed by atoms with E-state index in [0.29, 0.717) is 33.3 Å². The van der Waals surface area contributed by atoms with E-state index in [-0.39, 0.29) is 5.43 Å². The Morgan fingerprint density at radius 2 is 1.95 bits per heavy atom. The Hall–Kier alpha value is -1.68. The van der Waals surface area contributed by atoms with Crippen LogP contribution in [0.4, 0.5) is 0 Å². The number of hydrogen-bond donors (Lipinski definition) is 1. The molecule has 1 aromatic heterocycles. The van der Waals surface area contributed by atoms with E-state index < -0.39 is 0 Å². The SMILES string of the molecule is COc1cc(Cl)c(OC)c2c(=O)cc(CC(C)C)[nH]c12. The monoisotopic (exact) mass is 295 g/mol. The molecule has 4 nitrogen and oxygen atoms in total. The summed E-state index contributed by atoms with van der Waals surface area (Å²) in [6.07, 6.45) is 0.791. The van der Waals surface area contributed by atoms with E-state index in [9.17, 15) is 4.79 Å². The number of aromatic amines is 1. The van der Waals surface area contributed by atoms with Gasteiger partial charge in [0.05, 0.1) is 30.1 Å². The first-order valence-electron chi connectivity index (χ1n) is 6.44. The minimum absolute atomic E-state index is 0.118. The molecule has 0 fully saturated rings. The first kappa shape index (κ1) is 14.7. The number of nitrogens with one attached hydrogen (secondary N) is 1. The van der Waals surface area contributed by atoms with Crippen molar-refractivity contribution < 1.29 is 9.47 Å². The van der Waals surface area contributed by atoms with Crippen molar-refractivity contribution in [3.63, 3.8) is 0 Å². The number of fused-ring (bicyclic) bond motifs is 1. The Kier molecular flexibility index (Phi) is 4.23. The molecule has 0 radical (unpaired) electrons. The number of halogens is 1. The van der Waals surface area contributed by atoms with Crippen LogP contribution >= 0.6 is 11.6 Å². The maximum Gasteiger partial charge on any atom is 0.193 e. The lowest BCUT2D eigenvalue weighted by Gasteiger charge is -2.13. The van der Waals surface area contributed by atoms with Gasteiger partial charge in [0.15, 0.2) is 11.2 Å². The van der Waals surface area contributed by atoms with E-state index in [1.54, 1.807) is 19.2 Å². The highest BCUT2D eigenvalue weighted by Crippen LogP contribution is 2.36. The average Bonchev–Trinajstić information content (AvgIpc) is 2.37. The molecule has 0 saturated heterocycles. The Morgan fingerprint density at radius 3 is 2.50 bits per heavy atom. The first-order valence-corrected chi connectivity index (χ1v) is 6.82. The molecule has 2 rings (SSSR count). The Bertz CT molecular complexity index is 692. The predicted molar refractivity (Wildman–Crippen MR) is 81.2 cm³/mol. The summed E-state index contributed by atoms with van der Waals surface area (Å²) in [6, 6.07) is 3.25. The second-order valence-corrected chi connectivity index (χ2v) is 5.51. The zero-order valence-electron chi connectivity index (χ0n) is 12.0. The number of ether oxygens (including phenoxy) is 2. The van der Waals surface area contributed by atoms with Gasteiger partial charge in [0, 0.05) is 17.8 Å². The molecule has 0 saturated carbocycles. The highest BCUT2D eigenvalue weighted by molar-refractivity contribution is 6.33. The lowest BCUT2D eigenvalue weighted by Crippen LogP contribution is -2.09. The van der Waals surface area contributed by atoms with Crippen LogP contribution in [0.15, 0.2) is 16.9 Å². The van der Waals surface area contributed by atoms with Crippen LogP contribution in [-0.4, -0.2) is 19.2 Å². The second-order valence-electron chi connectivity index (χ2n) is 5.10. The van der Waals surface area contributed by atoms with E-state index in [0.717, 1.165) is 12.1 Å². The summed E-state index contributed by atoms with van der Waals surface area (Å²) < 4.78 is 10.6. The Morgan fingerprint density at radius 1 is 1.25 bits per heavy atom. The summed E-state index contributed by atoms with van der Waals surface area (Å²) in [4.78, 5) is 15.6. The zero-order valence-corrected chi connectivity index (χ0v) is 12.8. The maximum absolute atomic E-state index is 12.4. The zero-order chi connectivity index (χ0) is 14.9. The van der Waals surface area contributed by atoms with Gasteiger partial charge in [-0.15, -0.1) is 0 Å². The quantitative estimate of drug-likeness (QED) is 0.940. The van der Waals surface area contributed by atoms with Gasteiger partial charge in [0.25, 0.3) is 0 Å². The van der Waals surface area contributed by atoms with Crippen LogP contribution in [0.25, 0.3) is 10.9 Å². The molecule has 0 aliphatic rings. The van der Waals surface area contributed by atoms with Gasteiger partial charge in [0.2, 0.25) is 0 Å². The van der Waals surface area contributed by atoms with Crippen molar-refractivity contribution >= 4 is 22.5 Å². The van der Waals surface area contributed by atoms with Crippen molar-refractivity contribution in [2.75, 3.05) is 14.2 Å². The van der Waals surface area contributed by atoms with Gasteiger partial charge in [-0.1, -0.05) is 25.4 Å². The van der Waals surface area contributed by atoms with Gasteiger partial charge < -0.3 is 14.5 Å². The van der Waals surface area contributed by atoms with E-state index >= 15 is 0 Å². The van der Waals surface area contributed by atoms with Crippen LogP contribution in [0.2, 0.25) is 5.02 Å². The first-order chi connectivity index (χ1) is 9.47. The van der Waals surface area contributed by atoms with Crippen molar-refractivity contribution in [2.45, 2.75) is 20.3 Å². The molecular formula is C15H18ClNO3. The van der Waals surface area contributed by atoms with Crippen molar-refractivity contribution in [1.82, 2.24) is 4.98 Å². The van der Waals surface area contributed by atoms with Gasteiger partial charge in [-0.05, 0) is 12.3 Å². The summed E-state index contributed by atoms with van der Waals surface area (Å²) in [6.45, 7) is 4.20. The molecule has 5 heteroatoms. The van der Waals surface area contributed by atoms with Gasteiger partial charge >= 0.3 is 0 Å². The van der Waals surface area contributed by atoms with Crippen molar-refractivity contribution in [3.8, 4) is 11.5 Å². The van der Waals surface area contributed by atoms with Crippen LogP contribution in [0, 0.1) is 5.92 Å². The minimum Gasteiger partial charge on any atom is -0.494 e. The van der Waals surface area contributed by atoms with Crippen LogP contribution in [0.5, 0.6) is 11.5 Å². The molecule has 0 aliphatic heterocycles. The molecule has 1 N–H and O–H groups in total. The third kappa shape index (κ3) is 2.61. The van der Waals surface area contributed by atoms with Crippen molar-refractivity contribution in [1.29, 1.82) is 0 Å². The molecule has 1 heterocycles. The average molecular weight is 296 g/mol. The third-order valence-corrected chi connectivity index (χ3v) is 3.37. The Balaban J connectivity index is 2.81. The normalized spacial score (nSPS) is 11.1. The van der Waals surface area contributed by atoms with Gasteiger partial charge in [0.1, 0.15) is 5.75 Å². The maximum atomic E-state index is 12.4. The topological polar surface area (TPSA) is 51.3 Å². The van der Waals surface area contributed by atoms with Gasteiger partial charge in [-0.3, -0.25) is 4.79 Å². The smallest absolute Gasteiger partial charge is 0.193 e. The number of pyridine rings is 1. The molecule has 0 spiro atoms. The van der Waals surface area contributed by atoms with E-state index in [1.807, 2.05) is 0 Å². The molecule has 20 heavy (non-hydrogen) atoms. The summed E-state index contributed by atoms with van der Waals surface area (Å²) in [7, 11) is 3.04. The second kappa shape index (κ2) is 5.75. The summed E-state index contributed by atoms with van der Waals surface area (Å²) in [5.41, 5.74) is 1.38. The highest BCUT2D eigenvalue weighted by Gasteiger charge is 2.16. The number of methoxy groups -OCH3 is 2. The lowest BCUT2D eigenvalue weighted by molar-refractivity contribution is 0.409. The molecule has 0 bridgehead atoms. The number of H-pyrrole nitrogens is 1.